The van der Waals surface area contributed by atoms with E-state index in [-0.39, 0.29) is 6.04 Å². The summed E-state index contributed by atoms with van der Waals surface area (Å²) in [5, 5.41) is 8.87. The van der Waals surface area contributed by atoms with Gasteiger partial charge in [-0.2, -0.15) is 11.8 Å². The standard InChI is InChI=1S/C11H21NO2S/c1-2-15-8-5-10(9-11(13)14)12-6-3-4-7-12/h10H,2-9H2,1H3,(H,13,14). The van der Waals surface area contributed by atoms with E-state index in [4.69, 9.17) is 5.11 Å². The molecule has 0 saturated carbocycles. The molecule has 88 valence electrons. The van der Waals surface area contributed by atoms with Gasteiger partial charge in [-0.3, -0.25) is 9.69 Å². The number of aliphatic carboxylic acids is 1. The first-order chi connectivity index (χ1) is 7.24. The molecule has 1 saturated heterocycles. The summed E-state index contributed by atoms with van der Waals surface area (Å²) < 4.78 is 0. The molecule has 1 N–H and O–H groups in total. The normalized spacial score (nSPS) is 19.3. The summed E-state index contributed by atoms with van der Waals surface area (Å²) in [5.74, 6) is 1.55. The van der Waals surface area contributed by atoms with Crippen LogP contribution >= 0.6 is 11.8 Å². The van der Waals surface area contributed by atoms with Crippen molar-refractivity contribution in [1.29, 1.82) is 0 Å². The van der Waals surface area contributed by atoms with Gasteiger partial charge in [0.25, 0.3) is 0 Å². The number of thioether (sulfide) groups is 1. The van der Waals surface area contributed by atoms with Gasteiger partial charge in [0.05, 0.1) is 6.42 Å². The third kappa shape index (κ3) is 4.89. The van der Waals surface area contributed by atoms with E-state index in [1.807, 2.05) is 11.8 Å². The average molecular weight is 231 g/mol. The van der Waals surface area contributed by atoms with E-state index in [0.717, 1.165) is 31.0 Å². The fourth-order valence-electron chi connectivity index (χ4n) is 2.09. The zero-order valence-electron chi connectivity index (χ0n) is 9.45. The van der Waals surface area contributed by atoms with Crippen molar-refractivity contribution in [2.24, 2.45) is 0 Å². The van der Waals surface area contributed by atoms with Crippen LogP contribution in [-0.4, -0.2) is 46.6 Å². The van der Waals surface area contributed by atoms with E-state index in [1.54, 1.807) is 0 Å². The van der Waals surface area contributed by atoms with E-state index >= 15 is 0 Å². The van der Waals surface area contributed by atoms with E-state index in [1.165, 1.54) is 12.8 Å². The van der Waals surface area contributed by atoms with Crippen LogP contribution in [0.25, 0.3) is 0 Å². The SMILES string of the molecule is CCSCCC(CC(=O)O)N1CCCC1. The zero-order valence-corrected chi connectivity index (χ0v) is 10.3. The second-order valence-electron chi connectivity index (χ2n) is 3.98. The Kier molecular flexibility index (Phi) is 6.10. The molecule has 1 fully saturated rings. The highest BCUT2D eigenvalue weighted by molar-refractivity contribution is 7.99. The first-order valence-electron chi connectivity index (χ1n) is 5.77. The molecule has 0 aromatic carbocycles. The number of carboxylic acids is 1. The molecule has 15 heavy (non-hydrogen) atoms. The topological polar surface area (TPSA) is 40.5 Å². The summed E-state index contributed by atoms with van der Waals surface area (Å²) in [5.41, 5.74) is 0. The zero-order chi connectivity index (χ0) is 11.1. The maximum Gasteiger partial charge on any atom is 0.304 e. The van der Waals surface area contributed by atoms with Gasteiger partial charge in [-0.25, -0.2) is 0 Å². The fourth-order valence-corrected chi connectivity index (χ4v) is 2.81. The smallest absolute Gasteiger partial charge is 0.304 e. The van der Waals surface area contributed by atoms with Crippen molar-refractivity contribution in [1.82, 2.24) is 4.90 Å². The van der Waals surface area contributed by atoms with Crippen molar-refractivity contribution in [3.63, 3.8) is 0 Å². The molecule has 0 aromatic heterocycles. The Hall–Kier alpha value is -0.220. The van der Waals surface area contributed by atoms with E-state index < -0.39 is 5.97 Å². The lowest BCUT2D eigenvalue weighted by molar-refractivity contribution is -0.138. The lowest BCUT2D eigenvalue weighted by Gasteiger charge is -2.25. The molecule has 0 aromatic rings. The van der Waals surface area contributed by atoms with Crippen LogP contribution < -0.4 is 0 Å². The average Bonchev–Trinajstić information content (AvgIpc) is 2.68. The third-order valence-corrected chi connectivity index (χ3v) is 3.80. The second-order valence-corrected chi connectivity index (χ2v) is 5.37. The highest BCUT2D eigenvalue weighted by Crippen LogP contribution is 2.18. The third-order valence-electron chi connectivity index (χ3n) is 2.87. The number of carboxylic acid groups (broad SMARTS) is 1. The maximum atomic E-state index is 10.8. The van der Waals surface area contributed by atoms with Crippen molar-refractivity contribution in [2.75, 3.05) is 24.6 Å². The Morgan fingerprint density at radius 3 is 2.67 bits per heavy atom. The Labute approximate surface area is 96.2 Å². The lowest BCUT2D eigenvalue weighted by Crippen LogP contribution is -2.35. The number of nitrogens with zero attached hydrogens (tertiary/aromatic N) is 1. The molecule has 4 heteroatoms. The predicted octanol–water partition coefficient (Wildman–Crippen LogP) is 2.07. The molecule has 0 aliphatic carbocycles. The molecule has 0 amide bonds. The monoisotopic (exact) mass is 231 g/mol. The number of rotatable bonds is 7. The minimum atomic E-state index is -0.659. The molecular weight excluding hydrogens is 210 g/mol. The highest BCUT2D eigenvalue weighted by atomic mass is 32.2. The molecule has 1 heterocycles. The van der Waals surface area contributed by atoms with E-state index in [9.17, 15) is 4.79 Å². The molecule has 1 aliphatic rings. The van der Waals surface area contributed by atoms with Gasteiger partial charge < -0.3 is 5.11 Å². The summed E-state index contributed by atoms with van der Waals surface area (Å²) in [6, 6.07) is 0.268. The number of carbonyl (C=O) groups is 1. The summed E-state index contributed by atoms with van der Waals surface area (Å²) >= 11 is 1.90. The summed E-state index contributed by atoms with van der Waals surface area (Å²) in [6.07, 6.45) is 3.79. The van der Waals surface area contributed by atoms with Crippen molar-refractivity contribution in [2.45, 2.75) is 38.6 Å². The molecule has 3 nitrogen and oxygen atoms in total. The Morgan fingerprint density at radius 1 is 1.47 bits per heavy atom. The van der Waals surface area contributed by atoms with Crippen LogP contribution in [0.2, 0.25) is 0 Å². The summed E-state index contributed by atoms with van der Waals surface area (Å²) in [4.78, 5) is 13.1. The molecule has 1 atom stereocenters. The Morgan fingerprint density at radius 2 is 2.13 bits per heavy atom. The van der Waals surface area contributed by atoms with Crippen molar-refractivity contribution >= 4 is 17.7 Å². The van der Waals surface area contributed by atoms with Gasteiger partial charge in [0.1, 0.15) is 0 Å². The van der Waals surface area contributed by atoms with Gasteiger partial charge in [-0.05, 0) is 43.9 Å². The molecular formula is C11H21NO2S. The molecule has 1 aliphatic heterocycles. The van der Waals surface area contributed by atoms with Crippen LogP contribution in [0, 0.1) is 0 Å². The Balaban J connectivity index is 2.33. The molecule has 1 rings (SSSR count). The summed E-state index contributed by atoms with van der Waals surface area (Å²) in [7, 11) is 0. The fraction of sp³-hybridized carbons (Fsp3) is 0.909. The number of likely N-dealkylation sites (tertiary alicyclic amines) is 1. The maximum absolute atomic E-state index is 10.8. The van der Waals surface area contributed by atoms with Crippen LogP contribution in [0.15, 0.2) is 0 Å². The Bertz CT molecular complexity index is 193. The molecule has 0 radical (unpaired) electrons. The first kappa shape index (κ1) is 12.8. The van der Waals surface area contributed by atoms with Gasteiger partial charge in [-0.15, -0.1) is 0 Å². The van der Waals surface area contributed by atoms with Crippen LogP contribution in [0.1, 0.15) is 32.6 Å². The minimum Gasteiger partial charge on any atom is -0.481 e. The lowest BCUT2D eigenvalue weighted by atomic mass is 10.1. The summed E-state index contributed by atoms with van der Waals surface area (Å²) in [6.45, 7) is 4.33. The van der Waals surface area contributed by atoms with Crippen molar-refractivity contribution in [3.05, 3.63) is 0 Å². The largest absolute Gasteiger partial charge is 0.481 e. The predicted molar refractivity (Wildman–Crippen MR) is 64.5 cm³/mol. The van der Waals surface area contributed by atoms with E-state index in [2.05, 4.69) is 11.8 Å². The van der Waals surface area contributed by atoms with Crippen LogP contribution in [0.3, 0.4) is 0 Å². The van der Waals surface area contributed by atoms with Crippen molar-refractivity contribution < 1.29 is 9.90 Å². The van der Waals surface area contributed by atoms with Crippen LogP contribution in [-0.2, 0) is 4.79 Å². The highest BCUT2D eigenvalue weighted by Gasteiger charge is 2.23. The van der Waals surface area contributed by atoms with Crippen molar-refractivity contribution in [3.8, 4) is 0 Å². The quantitative estimate of drug-likeness (QED) is 0.681. The van der Waals surface area contributed by atoms with Gasteiger partial charge in [0.2, 0.25) is 0 Å². The number of hydrogen-bond acceptors (Lipinski definition) is 3. The second kappa shape index (κ2) is 7.12. The molecule has 0 spiro atoms. The molecule has 1 unspecified atom stereocenters. The van der Waals surface area contributed by atoms with E-state index in [0.29, 0.717) is 6.42 Å². The first-order valence-corrected chi connectivity index (χ1v) is 6.93. The van der Waals surface area contributed by atoms with Gasteiger partial charge in [0, 0.05) is 6.04 Å². The van der Waals surface area contributed by atoms with Gasteiger partial charge in [-0.1, -0.05) is 6.92 Å². The molecule has 0 bridgehead atoms. The number of hydrogen-bond donors (Lipinski definition) is 1. The minimum absolute atomic E-state index is 0.268. The van der Waals surface area contributed by atoms with Gasteiger partial charge in [0.15, 0.2) is 0 Å². The van der Waals surface area contributed by atoms with Crippen LogP contribution in [0.5, 0.6) is 0 Å². The van der Waals surface area contributed by atoms with Crippen LogP contribution in [0.4, 0.5) is 0 Å². The van der Waals surface area contributed by atoms with Gasteiger partial charge >= 0.3 is 5.97 Å².